The topological polar surface area (TPSA) is 44.5 Å². The summed E-state index contributed by atoms with van der Waals surface area (Å²) in [6.45, 7) is 0. The molecule has 1 aliphatic carbocycles. The van der Waals surface area contributed by atoms with Gasteiger partial charge in [-0.05, 0) is 36.1 Å². The van der Waals surface area contributed by atoms with Crippen LogP contribution in [0.1, 0.15) is 36.1 Å². The van der Waals surface area contributed by atoms with E-state index >= 15 is 0 Å². The monoisotopic (exact) mass is 283 g/mol. The standard InChI is InChI=1S/C18H21NO2/c1-20-18(13-6-3-2-4-7-13)17(19)14-8-5-9-16(12-14)21-15-10-11-15/h2-9,12,15,17-18H,10-11,19H2,1H3. The molecule has 2 atom stereocenters. The molecule has 21 heavy (non-hydrogen) atoms. The average molecular weight is 283 g/mol. The lowest BCUT2D eigenvalue weighted by molar-refractivity contribution is 0.0801. The van der Waals surface area contributed by atoms with E-state index in [0.29, 0.717) is 6.10 Å². The Balaban J connectivity index is 1.80. The molecule has 0 saturated heterocycles. The summed E-state index contributed by atoms with van der Waals surface area (Å²) in [7, 11) is 1.70. The van der Waals surface area contributed by atoms with Crippen molar-refractivity contribution in [2.45, 2.75) is 31.1 Å². The van der Waals surface area contributed by atoms with Crippen molar-refractivity contribution in [1.29, 1.82) is 0 Å². The molecule has 2 N–H and O–H groups in total. The summed E-state index contributed by atoms with van der Waals surface area (Å²) in [6.07, 6.45) is 2.54. The summed E-state index contributed by atoms with van der Waals surface area (Å²) in [6, 6.07) is 17.9. The van der Waals surface area contributed by atoms with E-state index in [1.807, 2.05) is 54.6 Å². The zero-order valence-electron chi connectivity index (χ0n) is 12.2. The van der Waals surface area contributed by atoms with Gasteiger partial charge in [0.15, 0.2) is 0 Å². The Labute approximate surface area is 125 Å². The molecule has 2 unspecified atom stereocenters. The minimum atomic E-state index is -0.222. The van der Waals surface area contributed by atoms with Crippen LogP contribution in [0.3, 0.4) is 0 Å². The summed E-state index contributed by atoms with van der Waals surface area (Å²) in [5.41, 5.74) is 8.53. The normalized spacial score (nSPS) is 17.2. The molecule has 1 aliphatic rings. The number of benzene rings is 2. The number of methoxy groups -OCH3 is 1. The highest BCUT2D eigenvalue weighted by Gasteiger charge is 2.25. The number of nitrogens with two attached hydrogens (primary N) is 1. The molecular weight excluding hydrogens is 262 g/mol. The van der Waals surface area contributed by atoms with Crippen LogP contribution in [0.2, 0.25) is 0 Å². The third kappa shape index (κ3) is 3.43. The fourth-order valence-corrected chi connectivity index (χ4v) is 2.48. The van der Waals surface area contributed by atoms with Crippen LogP contribution in [0.5, 0.6) is 5.75 Å². The molecule has 3 heteroatoms. The molecule has 0 amide bonds. The van der Waals surface area contributed by atoms with E-state index in [2.05, 4.69) is 0 Å². The van der Waals surface area contributed by atoms with Crippen molar-refractivity contribution in [3.8, 4) is 5.75 Å². The van der Waals surface area contributed by atoms with Crippen molar-refractivity contribution in [2.24, 2.45) is 5.73 Å². The van der Waals surface area contributed by atoms with Gasteiger partial charge >= 0.3 is 0 Å². The first-order valence-corrected chi connectivity index (χ1v) is 7.38. The van der Waals surface area contributed by atoms with Gasteiger partial charge in [-0.15, -0.1) is 0 Å². The van der Waals surface area contributed by atoms with Gasteiger partial charge < -0.3 is 15.2 Å². The minimum absolute atomic E-state index is 0.164. The molecule has 3 rings (SSSR count). The van der Waals surface area contributed by atoms with E-state index < -0.39 is 0 Å². The summed E-state index contributed by atoms with van der Waals surface area (Å²) in [5.74, 6) is 0.897. The van der Waals surface area contributed by atoms with Crippen molar-refractivity contribution in [1.82, 2.24) is 0 Å². The largest absolute Gasteiger partial charge is 0.490 e. The van der Waals surface area contributed by atoms with Crippen molar-refractivity contribution in [3.05, 3.63) is 65.7 Å². The lowest BCUT2D eigenvalue weighted by atomic mass is 9.96. The maximum atomic E-state index is 6.42. The van der Waals surface area contributed by atoms with Crippen LogP contribution in [0.15, 0.2) is 54.6 Å². The average Bonchev–Trinajstić information content (AvgIpc) is 3.33. The lowest BCUT2D eigenvalue weighted by Gasteiger charge is -2.23. The summed E-state index contributed by atoms with van der Waals surface area (Å²) in [4.78, 5) is 0. The maximum absolute atomic E-state index is 6.42. The van der Waals surface area contributed by atoms with Crippen LogP contribution < -0.4 is 10.5 Å². The number of ether oxygens (including phenoxy) is 2. The second-order valence-electron chi connectivity index (χ2n) is 5.48. The fraction of sp³-hybridized carbons (Fsp3) is 0.333. The Morgan fingerprint density at radius 3 is 2.38 bits per heavy atom. The quantitative estimate of drug-likeness (QED) is 0.880. The Kier molecular flexibility index (Phi) is 4.23. The first-order chi connectivity index (χ1) is 10.3. The highest BCUT2D eigenvalue weighted by atomic mass is 16.5. The van der Waals surface area contributed by atoms with Crippen LogP contribution in [0.4, 0.5) is 0 Å². The van der Waals surface area contributed by atoms with E-state index in [-0.39, 0.29) is 12.1 Å². The highest BCUT2D eigenvalue weighted by Crippen LogP contribution is 2.32. The molecule has 0 spiro atoms. The van der Waals surface area contributed by atoms with Gasteiger partial charge in [-0.3, -0.25) is 0 Å². The van der Waals surface area contributed by atoms with Crippen molar-refractivity contribution < 1.29 is 9.47 Å². The van der Waals surface area contributed by atoms with Gasteiger partial charge in [0.25, 0.3) is 0 Å². The number of hydrogen-bond acceptors (Lipinski definition) is 3. The van der Waals surface area contributed by atoms with E-state index in [0.717, 1.165) is 29.7 Å². The molecule has 1 saturated carbocycles. The van der Waals surface area contributed by atoms with E-state index in [4.69, 9.17) is 15.2 Å². The molecule has 2 aromatic carbocycles. The summed E-state index contributed by atoms with van der Waals surface area (Å²) >= 11 is 0. The molecule has 0 aliphatic heterocycles. The molecule has 0 aromatic heterocycles. The molecule has 1 fully saturated rings. The first kappa shape index (κ1) is 14.1. The fourth-order valence-electron chi connectivity index (χ4n) is 2.48. The third-order valence-electron chi connectivity index (χ3n) is 3.78. The van der Waals surface area contributed by atoms with Crippen molar-refractivity contribution >= 4 is 0 Å². The lowest BCUT2D eigenvalue weighted by Crippen LogP contribution is -2.21. The van der Waals surface area contributed by atoms with Gasteiger partial charge in [0.1, 0.15) is 11.9 Å². The Morgan fingerprint density at radius 2 is 1.71 bits per heavy atom. The van der Waals surface area contributed by atoms with Crippen LogP contribution in [-0.2, 0) is 4.74 Å². The van der Waals surface area contributed by atoms with Crippen LogP contribution in [0, 0.1) is 0 Å². The van der Waals surface area contributed by atoms with Gasteiger partial charge in [0.2, 0.25) is 0 Å². The zero-order valence-corrected chi connectivity index (χ0v) is 12.2. The summed E-state index contributed by atoms with van der Waals surface area (Å²) in [5, 5.41) is 0. The first-order valence-electron chi connectivity index (χ1n) is 7.38. The predicted octanol–water partition coefficient (Wildman–Crippen LogP) is 3.62. The van der Waals surface area contributed by atoms with E-state index in [1.54, 1.807) is 7.11 Å². The van der Waals surface area contributed by atoms with E-state index in [9.17, 15) is 0 Å². The van der Waals surface area contributed by atoms with Crippen LogP contribution in [-0.4, -0.2) is 13.2 Å². The Bertz CT molecular complexity index is 581. The van der Waals surface area contributed by atoms with Gasteiger partial charge in [0, 0.05) is 7.11 Å². The van der Waals surface area contributed by atoms with Gasteiger partial charge in [-0.25, -0.2) is 0 Å². The highest BCUT2D eigenvalue weighted by molar-refractivity contribution is 5.33. The van der Waals surface area contributed by atoms with Crippen molar-refractivity contribution in [3.63, 3.8) is 0 Å². The smallest absolute Gasteiger partial charge is 0.120 e. The Hall–Kier alpha value is -1.84. The van der Waals surface area contributed by atoms with Gasteiger partial charge in [0.05, 0.1) is 12.1 Å². The molecule has 2 aromatic rings. The van der Waals surface area contributed by atoms with Crippen LogP contribution >= 0.6 is 0 Å². The molecule has 0 radical (unpaired) electrons. The second-order valence-corrected chi connectivity index (χ2v) is 5.48. The van der Waals surface area contributed by atoms with Crippen molar-refractivity contribution in [2.75, 3.05) is 7.11 Å². The Morgan fingerprint density at radius 1 is 1.00 bits per heavy atom. The SMILES string of the molecule is COC(c1ccccc1)C(N)c1cccc(OC2CC2)c1. The molecule has 110 valence electrons. The maximum Gasteiger partial charge on any atom is 0.120 e. The molecule has 3 nitrogen and oxygen atoms in total. The summed E-state index contributed by atoms with van der Waals surface area (Å²) < 4.78 is 11.5. The molecular formula is C18H21NO2. The number of hydrogen-bond donors (Lipinski definition) is 1. The second kappa shape index (κ2) is 6.29. The predicted molar refractivity (Wildman–Crippen MR) is 83.2 cm³/mol. The van der Waals surface area contributed by atoms with Gasteiger partial charge in [-0.1, -0.05) is 42.5 Å². The van der Waals surface area contributed by atoms with Gasteiger partial charge in [-0.2, -0.15) is 0 Å². The zero-order chi connectivity index (χ0) is 14.7. The minimum Gasteiger partial charge on any atom is -0.490 e. The van der Waals surface area contributed by atoms with E-state index in [1.165, 1.54) is 0 Å². The van der Waals surface area contributed by atoms with Crippen LogP contribution in [0.25, 0.3) is 0 Å². The number of rotatable bonds is 6. The molecule has 0 bridgehead atoms. The third-order valence-corrected chi connectivity index (χ3v) is 3.78. The molecule has 0 heterocycles.